The molecule has 0 amide bonds. The van der Waals surface area contributed by atoms with E-state index in [1.165, 1.54) is 0 Å². The maximum atomic E-state index is 12.3. The zero-order valence-corrected chi connectivity index (χ0v) is 17.7. The topological polar surface area (TPSA) is 118 Å². The van der Waals surface area contributed by atoms with Gasteiger partial charge in [0.1, 0.15) is 6.61 Å². The number of hydrogen-bond acceptors (Lipinski definition) is 8. The molecule has 154 valence electrons. The monoisotopic (exact) mass is 408 g/mol. The van der Waals surface area contributed by atoms with Crippen LogP contribution in [0.4, 0.5) is 11.9 Å². The Morgan fingerprint density at radius 1 is 0.929 bits per heavy atom. The van der Waals surface area contributed by atoms with Crippen LogP contribution in [0.3, 0.4) is 0 Å². The molecule has 0 fully saturated rings. The lowest BCUT2D eigenvalue weighted by molar-refractivity contribution is 0.297. The third-order valence-electron chi connectivity index (χ3n) is 3.41. The maximum Gasteiger partial charge on any atom is 0.323 e. The summed E-state index contributed by atoms with van der Waals surface area (Å²) in [5.41, 5.74) is 0.994. The van der Waals surface area contributed by atoms with Gasteiger partial charge in [0.05, 0.1) is 4.90 Å². The summed E-state index contributed by atoms with van der Waals surface area (Å²) in [6, 6.07) is 7.05. The summed E-state index contributed by atoms with van der Waals surface area (Å²) < 4.78 is 32.6. The lowest BCUT2D eigenvalue weighted by Crippen LogP contribution is -2.28. The molecule has 1 heterocycles. The van der Waals surface area contributed by atoms with E-state index in [0.29, 0.717) is 11.9 Å². The van der Waals surface area contributed by atoms with E-state index in [9.17, 15) is 8.42 Å². The van der Waals surface area contributed by atoms with Gasteiger partial charge in [-0.15, -0.1) is 0 Å². The van der Waals surface area contributed by atoms with E-state index in [4.69, 9.17) is 4.74 Å². The highest BCUT2D eigenvalue weighted by Gasteiger charge is 2.14. The average Bonchev–Trinajstić information content (AvgIpc) is 2.58. The molecule has 3 N–H and O–H groups in total. The first-order valence-corrected chi connectivity index (χ1v) is 10.6. The van der Waals surface area contributed by atoms with Crippen LogP contribution in [0.25, 0.3) is 0 Å². The minimum absolute atomic E-state index is 0.0807. The van der Waals surface area contributed by atoms with Gasteiger partial charge in [-0.3, -0.25) is 0 Å². The van der Waals surface area contributed by atoms with Crippen molar-refractivity contribution in [2.75, 3.05) is 23.8 Å². The minimum atomic E-state index is -3.59. The maximum absolute atomic E-state index is 12.3. The molecule has 0 spiro atoms. The predicted octanol–water partition coefficient (Wildman–Crippen LogP) is 2.18. The molecular formula is C18H28N6O3S. The molecule has 1 aromatic carbocycles. The van der Waals surface area contributed by atoms with E-state index in [1.807, 2.05) is 34.6 Å². The summed E-state index contributed by atoms with van der Waals surface area (Å²) in [7, 11) is -3.59. The standard InChI is InChI=1S/C18H28N6O3S/c1-12(2)20-16-22-17(21-13(3)4)24-18(23-16)27-11-10-19-28(25,26)15-8-6-14(5)7-9-15/h6-9,12-13,19H,10-11H2,1-5H3,(H2,20,21,22,23,24). The Hall–Kier alpha value is -2.46. The summed E-state index contributed by atoms with van der Waals surface area (Å²) in [4.78, 5) is 12.9. The van der Waals surface area contributed by atoms with Crippen LogP contribution in [0, 0.1) is 6.92 Å². The van der Waals surface area contributed by atoms with Crippen LogP contribution >= 0.6 is 0 Å². The van der Waals surface area contributed by atoms with E-state index < -0.39 is 10.0 Å². The second-order valence-electron chi connectivity index (χ2n) is 6.92. The molecule has 2 rings (SSSR count). The van der Waals surface area contributed by atoms with Crippen LogP contribution in [-0.2, 0) is 10.0 Å². The summed E-state index contributed by atoms with van der Waals surface area (Å²) in [5.74, 6) is 0.784. The fourth-order valence-corrected chi connectivity index (χ4v) is 3.20. The van der Waals surface area contributed by atoms with Gasteiger partial charge in [0, 0.05) is 18.6 Å². The van der Waals surface area contributed by atoms with Gasteiger partial charge in [0.15, 0.2) is 0 Å². The number of sulfonamides is 1. The molecule has 0 unspecified atom stereocenters. The smallest absolute Gasteiger partial charge is 0.323 e. The lowest BCUT2D eigenvalue weighted by atomic mass is 10.2. The molecule has 0 aliphatic rings. The largest absolute Gasteiger partial charge is 0.462 e. The number of aryl methyl sites for hydroxylation is 1. The fourth-order valence-electron chi connectivity index (χ4n) is 2.19. The summed E-state index contributed by atoms with van der Waals surface area (Å²) in [6.07, 6.45) is 0. The van der Waals surface area contributed by atoms with Gasteiger partial charge in [-0.2, -0.15) is 15.0 Å². The first-order valence-electron chi connectivity index (χ1n) is 9.14. The van der Waals surface area contributed by atoms with E-state index >= 15 is 0 Å². The average molecular weight is 409 g/mol. The Labute approximate surface area is 166 Å². The molecule has 1 aromatic heterocycles. The van der Waals surface area contributed by atoms with Gasteiger partial charge in [-0.05, 0) is 46.8 Å². The third-order valence-corrected chi connectivity index (χ3v) is 4.88. The molecule has 0 radical (unpaired) electrons. The van der Waals surface area contributed by atoms with Crippen LogP contribution in [0.2, 0.25) is 0 Å². The number of benzene rings is 1. The third kappa shape index (κ3) is 6.93. The molecule has 0 atom stereocenters. The Morgan fingerprint density at radius 3 is 1.96 bits per heavy atom. The molecule has 10 heteroatoms. The summed E-state index contributed by atoms with van der Waals surface area (Å²) in [6.45, 7) is 9.95. The highest BCUT2D eigenvalue weighted by Crippen LogP contribution is 2.13. The number of hydrogen-bond donors (Lipinski definition) is 3. The number of nitrogens with zero attached hydrogens (tertiary/aromatic N) is 3. The van der Waals surface area contributed by atoms with Gasteiger partial charge >= 0.3 is 6.01 Å². The Kier molecular flexibility index (Phi) is 7.53. The molecular weight excluding hydrogens is 380 g/mol. The number of aromatic nitrogens is 3. The molecule has 9 nitrogen and oxygen atoms in total. The van der Waals surface area contributed by atoms with E-state index in [-0.39, 0.29) is 36.1 Å². The molecule has 0 saturated heterocycles. The van der Waals surface area contributed by atoms with Crippen molar-refractivity contribution >= 4 is 21.9 Å². The Morgan fingerprint density at radius 2 is 1.46 bits per heavy atom. The van der Waals surface area contributed by atoms with Crippen LogP contribution in [0.15, 0.2) is 29.2 Å². The van der Waals surface area contributed by atoms with Crippen molar-refractivity contribution in [3.8, 4) is 6.01 Å². The van der Waals surface area contributed by atoms with E-state index in [2.05, 4.69) is 30.3 Å². The van der Waals surface area contributed by atoms with Gasteiger partial charge in [0.25, 0.3) is 0 Å². The SMILES string of the molecule is Cc1ccc(S(=O)(=O)NCCOc2nc(NC(C)C)nc(NC(C)C)n2)cc1. The number of anilines is 2. The number of rotatable bonds is 10. The van der Waals surface area contributed by atoms with Gasteiger partial charge < -0.3 is 15.4 Å². The number of nitrogens with one attached hydrogen (secondary N) is 3. The van der Waals surface area contributed by atoms with Gasteiger partial charge in [-0.1, -0.05) is 17.7 Å². The van der Waals surface area contributed by atoms with Crippen molar-refractivity contribution < 1.29 is 13.2 Å². The van der Waals surface area contributed by atoms with Crippen LogP contribution in [0.1, 0.15) is 33.3 Å². The molecule has 0 saturated carbocycles. The Balaban J connectivity index is 1.98. The second-order valence-corrected chi connectivity index (χ2v) is 8.69. The van der Waals surface area contributed by atoms with Crippen molar-refractivity contribution in [3.05, 3.63) is 29.8 Å². The van der Waals surface area contributed by atoms with Crippen LogP contribution in [0.5, 0.6) is 6.01 Å². The Bertz CT molecular complexity index is 841. The van der Waals surface area contributed by atoms with Crippen molar-refractivity contribution in [1.29, 1.82) is 0 Å². The zero-order chi connectivity index (χ0) is 20.7. The first kappa shape index (κ1) is 21.8. The molecule has 2 aromatic rings. The van der Waals surface area contributed by atoms with Crippen molar-refractivity contribution in [1.82, 2.24) is 19.7 Å². The predicted molar refractivity (Wildman–Crippen MR) is 109 cm³/mol. The van der Waals surface area contributed by atoms with E-state index in [0.717, 1.165) is 5.56 Å². The number of ether oxygens (including phenoxy) is 1. The molecule has 0 bridgehead atoms. The van der Waals surface area contributed by atoms with Crippen LogP contribution < -0.4 is 20.1 Å². The zero-order valence-electron chi connectivity index (χ0n) is 16.9. The van der Waals surface area contributed by atoms with Gasteiger partial charge in [0.2, 0.25) is 21.9 Å². The van der Waals surface area contributed by atoms with Crippen LogP contribution in [-0.4, -0.2) is 48.6 Å². The highest BCUT2D eigenvalue weighted by atomic mass is 32.2. The normalized spacial score (nSPS) is 11.7. The summed E-state index contributed by atoms with van der Waals surface area (Å²) >= 11 is 0. The lowest BCUT2D eigenvalue weighted by Gasteiger charge is -2.13. The fraction of sp³-hybridized carbons (Fsp3) is 0.500. The van der Waals surface area contributed by atoms with E-state index in [1.54, 1.807) is 24.3 Å². The molecule has 0 aliphatic carbocycles. The first-order chi connectivity index (χ1) is 13.2. The molecule has 0 aliphatic heterocycles. The summed E-state index contributed by atoms with van der Waals surface area (Å²) in [5, 5.41) is 6.21. The van der Waals surface area contributed by atoms with Crippen molar-refractivity contribution in [2.45, 2.75) is 51.6 Å². The molecule has 28 heavy (non-hydrogen) atoms. The van der Waals surface area contributed by atoms with Crippen molar-refractivity contribution in [3.63, 3.8) is 0 Å². The van der Waals surface area contributed by atoms with Gasteiger partial charge in [-0.25, -0.2) is 13.1 Å². The second kappa shape index (κ2) is 9.65. The highest BCUT2D eigenvalue weighted by molar-refractivity contribution is 7.89. The minimum Gasteiger partial charge on any atom is -0.462 e. The van der Waals surface area contributed by atoms with Crippen molar-refractivity contribution in [2.24, 2.45) is 0 Å². The quantitative estimate of drug-likeness (QED) is 0.512.